The molecule has 8 nitrogen and oxygen atoms in total. The highest BCUT2D eigenvalue weighted by Gasteiger charge is 2.28. The quantitative estimate of drug-likeness (QED) is 0.824. The highest BCUT2D eigenvalue weighted by atomic mass is 32.2. The molecule has 0 radical (unpaired) electrons. The molecule has 9 heteroatoms. The molecule has 0 atom stereocenters. The van der Waals surface area contributed by atoms with Gasteiger partial charge in [0.1, 0.15) is 0 Å². The van der Waals surface area contributed by atoms with Gasteiger partial charge in [-0.25, -0.2) is 4.72 Å². The predicted octanol–water partition coefficient (Wildman–Crippen LogP) is 0.559. The van der Waals surface area contributed by atoms with Gasteiger partial charge in [-0.05, 0) is 6.42 Å². The molecule has 0 aliphatic carbocycles. The van der Waals surface area contributed by atoms with Crippen LogP contribution in [-0.2, 0) is 10.2 Å². The summed E-state index contributed by atoms with van der Waals surface area (Å²) in [5.41, 5.74) is 0. The fourth-order valence-corrected chi connectivity index (χ4v) is 3.32. The van der Waals surface area contributed by atoms with Crippen LogP contribution in [0.25, 0.3) is 0 Å². The van der Waals surface area contributed by atoms with E-state index in [1.165, 1.54) is 4.31 Å². The summed E-state index contributed by atoms with van der Waals surface area (Å²) < 4.78 is 33.7. The third-order valence-electron chi connectivity index (χ3n) is 3.31. The molecule has 21 heavy (non-hydrogen) atoms. The van der Waals surface area contributed by atoms with Gasteiger partial charge in [-0.15, -0.1) is 5.10 Å². The summed E-state index contributed by atoms with van der Waals surface area (Å²) in [7, 11) is -3.37. The second-order valence-corrected chi connectivity index (χ2v) is 7.12. The van der Waals surface area contributed by atoms with Crippen LogP contribution in [0.2, 0.25) is 0 Å². The van der Waals surface area contributed by atoms with Crippen molar-refractivity contribution < 1.29 is 12.8 Å². The van der Waals surface area contributed by atoms with Crippen LogP contribution in [0.15, 0.2) is 4.42 Å². The van der Waals surface area contributed by atoms with E-state index in [1.807, 2.05) is 25.7 Å². The van der Waals surface area contributed by atoms with E-state index in [9.17, 15) is 8.42 Å². The van der Waals surface area contributed by atoms with E-state index in [0.717, 1.165) is 6.42 Å². The molecule has 0 unspecified atom stereocenters. The van der Waals surface area contributed by atoms with Gasteiger partial charge in [0, 0.05) is 38.6 Å². The van der Waals surface area contributed by atoms with Gasteiger partial charge in [0.05, 0.1) is 0 Å². The lowest BCUT2D eigenvalue weighted by atomic mass is 10.2. The van der Waals surface area contributed by atoms with Gasteiger partial charge in [-0.1, -0.05) is 25.9 Å². The summed E-state index contributed by atoms with van der Waals surface area (Å²) in [5, 5.41) is 8.02. The molecular weight excluding hydrogens is 294 g/mol. The largest absolute Gasteiger partial charge is 0.408 e. The average Bonchev–Trinajstić information content (AvgIpc) is 2.95. The molecule has 0 saturated carbocycles. The molecule has 1 aromatic rings. The smallest absolute Gasteiger partial charge is 0.318 e. The Bertz CT molecular complexity index is 549. The van der Waals surface area contributed by atoms with Gasteiger partial charge in [0.15, 0.2) is 0 Å². The zero-order chi connectivity index (χ0) is 15.5. The molecule has 1 aromatic heterocycles. The van der Waals surface area contributed by atoms with E-state index in [-0.39, 0.29) is 5.92 Å². The maximum atomic E-state index is 12.0. The van der Waals surface area contributed by atoms with E-state index in [4.69, 9.17) is 4.42 Å². The zero-order valence-corrected chi connectivity index (χ0v) is 13.6. The fraction of sp³-hybridized carbons (Fsp3) is 0.833. The highest BCUT2D eigenvalue weighted by Crippen LogP contribution is 2.19. The minimum atomic E-state index is -3.37. The molecular formula is C12H23N5O3S. The number of piperazine rings is 1. The van der Waals surface area contributed by atoms with E-state index >= 15 is 0 Å². The van der Waals surface area contributed by atoms with Crippen LogP contribution in [0.3, 0.4) is 0 Å². The van der Waals surface area contributed by atoms with Crippen molar-refractivity contribution in [2.45, 2.75) is 33.1 Å². The van der Waals surface area contributed by atoms with Gasteiger partial charge >= 0.3 is 6.01 Å². The molecule has 120 valence electrons. The van der Waals surface area contributed by atoms with Crippen molar-refractivity contribution in [3.63, 3.8) is 0 Å². The van der Waals surface area contributed by atoms with Crippen LogP contribution in [0.5, 0.6) is 0 Å². The van der Waals surface area contributed by atoms with Crippen LogP contribution < -0.4 is 9.62 Å². The van der Waals surface area contributed by atoms with Crippen molar-refractivity contribution in [3.05, 3.63) is 5.89 Å². The third kappa shape index (κ3) is 3.92. The highest BCUT2D eigenvalue weighted by molar-refractivity contribution is 7.87. The monoisotopic (exact) mass is 317 g/mol. The molecule has 0 spiro atoms. The van der Waals surface area contributed by atoms with Crippen LogP contribution in [0.1, 0.15) is 39.0 Å². The maximum Gasteiger partial charge on any atom is 0.318 e. The Kier molecular flexibility index (Phi) is 5.17. The van der Waals surface area contributed by atoms with E-state index in [2.05, 4.69) is 14.9 Å². The topological polar surface area (TPSA) is 91.6 Å². The molecule has 2 rings (SSSR count). The van der Waals surface area contributed by atoms with Crippen LogP contribution in [0.4, 0.5) is 6.01 Å². The molecule has 1 aliphatic heterocycles. The lowest BCUT2D eigenvalue weighted by Crippen LogP contribution is -2.52. The first-order valence-electron chi connectivity index (χ1n) is 7.27. The first-order valence-corrected chi connectivity index (χ1v) is 8.71. The number of rotatable bonds is 6. The summed E-state index contributed by atoms with van der Waals surface area (Å²) in [4.78, 5) is 1.92. The Balaban J connectivity index is 1.93. The first kappa shape index (κ1) is 16.2. The number of hydrogen-bond donors (Lipinski definition) is 1. The third-order valence-corrected chi connectivity index (χ3v) is 4.92. The number of anilines is 1. The van der Waals surface area contributed by atoms with Crippen molar-refractivity contribution in [2.24, 2.45) is 0 Å². The molecule has 2 heterocycles. The van der Waals surface area contributed by atoms with Crippen molar-refractivity contribution in [3.8, 4) is 0 Å². The Morgan fingerprint density at radius 3 is 2.43 bits per heavy atom. The lowest BCUT2D eigenvalue weighted by Gasteiger charge is -2.32. The second-order valence-electron chi connectivity index (χ2n) is 5.36. The maximum absolute atomic E-state index is 12.0. The van der Waals surface area contributed by atoms with Crippen molar-refractivity contribution in [1.29, 1.82) is 0 Å². The molecule has 0 aromatic carbocycles. The van der Waals surface area contributed by atoms with E-state index < -0.39 is 10.2 Å². The average molecular weight is 317 g/mol. The fourth-order valence-electron chi connectivity index (χ4n) is 2.03. The Hall–Kier alpha value is -1.19. The van der Waals surface area contributed by atoms with Gasteiger partial charge in [-0.2, -0.15) is 12.7 Å². The first-order chi connectivity index (χ1) is 9.94. The van der Waals surface area contributed by atoms with E-state index in [0.29, 0.717) is 44.6 Å². The minimum Gasteiger partial charge on any atom is -0.408 e. The van der Waals surface area contributed by atoms with Crippen LogP contribution >= 0.6 is 0 Å². The SMILES string of the molecule is CCCNS(=O)(=O)N1CCN(c2nnc(C(C)C)o2)CC1. The van der Waals surface area contributed by atoms with Crippen LogP contribution in [0, 0.1) is 0 Å². The molecule has 1 fully saturated rings. The van der Waals surface area contributed by atoms with Crippen molar-refractivity contribution in [1.82, 2.24) is 19.2 Å². The summed E-state index contributed by atoms with van der Waals surface area (Å²) in [6.45, 7) is 8.30. The molecule has 1 N–H and O–H groups in total. The normalized spacial score (nSPS) is 17.6. The molecule has 0 amide bonds. The number of nitrogens with zero attached hydrogens (tertiary/aromatic N) is 4. The summed E-state index contributed by atoms with van der Waals surface area (Å²) >= 11 is 0. The summed E-state index contributed by atoms with van der Waals surface area (Å²) in [5.74, 6) is 0.788. The van der Waals surface area contributed by atoms with E-state index in [1.54, 1.807) is 0 Å². The molecule has 1 aliphatic rings. The standard InChI is InChI=1S/C12H23N5O3S/c1-4-5-13-21(18,19)17-8-6-16(7-9-17)12-15-14-11(20-12)10(2)3/h10,13H,4-9H2,1-3H3. The van der Waals surface area contributed by atoms with Crippen molar-refractivity contribution in [2.75, 3.05) is 37.6 Å². The zero-order valence-electron chi connectivity index (χ0n) is 12.7. The van der Waals surface area contributed by atoms with Gasteiger partial charge < -0.3 is 9.32 Å². The Morgan fingerprint density at radius 2 is 1.90 bits per heavy atom. The summed E-state index contributed by atoms with van der Waals surface area (Å²) in [6.07, 6.45) is 0.777. The number of hydrogen-bond acceptors (Lipinski definition) is 6. The van der Waals surface area contributed by atoms with Crippen LogP contribution in [-0.4, -0.2) is 55.6 Å². The van der Waals surface area contributed by atoms with Gasteiger partial charge in [0.25, 0.3) is 10.2 Å². The second kappa shape index (κ2) is 6.71. The minimum absolute atomic E-state index is 0.186. The Labute approximate surface area is 125 Å². The lowest BCUT2D eigenvalue weighted by molar-refractivity contribution is 0.362. The summed E-state index contributed by atoms with van der Waals surface area (Å²) in [6, 6.07) is 0.470. The predicted molar refractivity (Wildman–Crippen MR) is 79.4 cm³/mol. The van der Waals surface area contributed by atoms with Crippen molar-refractivity contribution >= 4 is 16.2 Å². The number of aromatic nitrogens is 2. The molecule has 0 bridgehead atoms. The van der Waals surface area contributed by atoms with Gasteiger partial charge in [0.2, 0.25) is 5.89 Å². The molecule has 1 saturated heterocycles. The number of nitrogens with one attached hydrogen (secondary N) is 1. The van der Waals surface area contributed by atoms with Gasteiger partial charge in [-0.3, -0.25) is 0 Å². The Morgan fingerprint density at radius 1 is 1.24 bits per heavy atom.